The van der Waals surface area contributed by atoms with Crippen molar-refractivity contribution >= 4 is 0 Å². The number of para-hydroxylation sites is 2. The summed E-state index contributed by atoms with van der Waals surface area (Å²) in [7, 11) is 1.63. The minimum Gasteiger partial charge on any atom is -0.493 e. The van der Waals surface area contributed by atoms with E-state index in [-0.39, 0.29) is 6.10 Å². The van der Waals surface area contributed by atoms with Crippen LogP contribution in [0.3, 0.4) is 0 Å². The maximum Gasteiger partial charge on any atom is 0.161 e. The lowest BCUT2D eigenvalue weighted by atomic mass is 10.3. The van der Waals surface area contributed by atoms with E-state index in [9.17, 15) is 0 Å². The predicted molar refractivity (Wildman–Crippen MR) is 48.2 cm³/mol. The van der Waals surface area contributed by atoms with Crippen LogP contribution in [0.25, 0.3) is 0 Å². The number of benzene rings is 1. The molecular formula is C10H12O3. The van der Waals surface area contributed by atoms with Crippen molar-refractivity contribution in [2.75, 3.05) is 20.3 Å². The summed E-state index contributed by atoms with van der Waals surface area (Å²) in [6.45, 7) is 1.43. The fourth-order valence-corrected chi connectivity index (χ4v) is 1.09. The van der Waals surface area contributed by atoms with Crippen molar-refractivity contribution in [3.05, 3.63) is 24.3 Å². The molecule has 2 rings (SSSR count). The highest BCUT2D eigenvalue weighted by Crippen LogP contribution is 2.26. The summed E-state index contributed by atoms with van der Waals surface area (Å²) in [4.78, 5) is 0. The van der Waals surface area contributed by atoms with Gasteiger partial charge in [0.05, 0.1) is 13.7 Å². The third kappa shape index (κ3) is 2.12. The quantitative estimate of drug-likeness (QED) is 0.657. The highest BCUT2D eigenvalue weighted by atomic mass is 16.6. The fraction of sp³-hybridized carbons (Fsp3) is 0.400. The van der Waals surface area contributed by atoms with Gasteiger partial charge in [-0.25, -0.2) is 0 Å². The Bertz CT molecular complexity index is 281. The monoisotopic (exact) mass is 180 g/mol. The van der Waals surface area contributed by atoms with Crippen molar-refractivity contribution in [3.8, 4) is 11.5 Å². The summed E-state index contributed by atoms with van der Waals surface area (Å²) < 4.78 is 15.7. The summed E-state index contributed by atoms with van der Waals surface area (Å²) >= 11 is 0. The van der Waals surface area contributed by atoms with Gasteiger partial charge in [-0.1, -0.05) is 12.1 Å². The molecule has 0 bridgehead atoms. The van der Waals surface area contributed by atoms with Crippen molar-refractivity contribution in [2.24, 2.45) is 0 Å². The van der Waals surface area contributed by atoms with Gasteiger partial charge >= 0.3 is 0 Å². The Kier molecular flexibility index (Phi) is 2.36. The molecule has 1 aromatic rings. The van der Waals surface area contributed by atoms with Gasteiger partial charge in [0.1, 0.15) is 12.7 Å². The van der Waals surface area contributed by atoms with E-state index < -0.39 is 0 Å². The first-order valence-corrected chi connectivity index (χ1v) is 4.27. The summed E-state index contributed by atoms with van der Waals surface area (Å²) in [5, 5.41) is 0. The van der Waals surface area contributed by atoms with E-state index in [2.05, 4.69) is 0 Å². The van der Waals surface area contributed by atoms with Gasteiger partial charge in [0.15, 0.2) is 11.5 Å². The Hall–Kier alpha value is -1.22. The molecule has 3 nitrogen and oxygen atoms in total. The summed E-state index contributed by atoms with van der Waals surface area (Å²) in [5.41, 5.74) is 0. The lowest BCUT2D eigenvalue weighted by Crippen LogP contribution is -2.04. The average molecular weight is 180 g/mol. The van der Waals surface area contributed by atoms with E-state index >= 15 is 0 Å². The van der Waals surface area contributed by atoms with Gasteiger partial charge in [-0.05, 0) is 12.1 Å². The topological polar surface area (TPSA) is 31.0 Å². The Morgan fingerprint density at radius 1 is 1.38 bits per heavy atom. The average Bonchev–Trinajstić information content (AvgIpc) is 2.99. The van der Waals surface area contributed by atoms with Crippen LogP contribution in [0.4, 0.5) is 0 Å². The first kappa shape index (κ1) is 8.38. The number of rotatable bonds is 4. The second-order valence-electron chi connectivity index (χ2n) is 2.92. The number of hydrogen-bond acceptors (Lipinski definition) is 3. The van der Waals surface area contributed by atoms with E-state index in [1.54, 1.807) is 7.11 Å². The van der Waals surface area contributed by atoms with Gasteiger partial charge in [0.2, 0.25) is 0 Å². The fourth-order valence-electron chi connectivity index (χ4n) is 1.09. The van der Waals surface area contributed by atoms with Crippen LogP contribution in [-0.2, 0) is 4.74 Å². The van der Waals surface area contributed by atoms with Gasteiger partial charge in [-0.3, -0.25) is 0 Å². The van der Waals surface area contributed by atoms with Crippen molar-refractivity contribution in [3.63, 3.8) is 0 Å². The first-order chi connectivity index (χ1) is 6.40. The van der Waals surface area contributed by atoms with Crippen LogP contribution in [0, 0.1) is 0 Å². The Balaban J connectivity index is 1.99. The zero-order valence-corrected chi connectivity index (χ0v) is 7.53. The molecule has 1 fully saturated rings. The normalized spacial score (nSPS) is 19.6. The van der Waals surface area contributed by atoms with Crippen molar-refractivity contribution in [1.29, 1.82) is 0 Å². The van der Waals surface area contributed by atoms with Crippen LogP contribution in [0.5, 0.6) is 11.5 Å². The molecule has 1 heterocycles. The first-order valence-electron chi connectivity index (χ1n) is 4.27. The van der Waals surface area contributed by atoms with Crippen LogP contribution < -0.4 is 9.47 Å². The molecule has 0 aromatic heterocycles. The molecule has 1 atom stereocenters. The molecular weight excluding hydrogens is 168 g/mol. The van der Waals surface area contributed by atoms with Gasteiger partial charge < -0.3 is 14.2 Å². The van der Waals surface area contributed by atoms with Gasteiger partial charge in [0.25, 0.3) is 0 Å². The SMILES string of the molecule is COc1ccccc1OC[C@@H]1CO1. The second-order valence-corrected chi connectivity index (χ2v) is 2.92. The molecule has 3 heteroatoms. The molecule has 1 aliphatic heterocycles. The second kappa shape index (κ2) is 3.66. The molecule has 0 unspecified atom stereocenters. The maximum absolute atomic E-state index is 5.50. The molecule has 1 aliphatic rings. The molecule has 0 saturated carbocycles. The molecule has 0 radical (unpaired) electrons. The lowest BCUT2D eigenvalue weighted by molar-refractivity contribution is 0.252. The number of epoxide rings is 1. The van der Waals surface area contributed by atoms with Gasteiger partial charge in [-0.2, -0.15) is 0 Å². The smallest absolute Gasteiger partial charge is 0.161 e. The lowest BCUT2D eigenvalue weighted by Gasteiger charge is -2.08. The van der Waals surface area contributed by atoms with Gasteiger partial charge in [0, 0.05) is 0 Å². The van der Waals surface area contributed by atoms with Crippen molar-refractivity contribution in [2.45, 2.75) is 6.10 Å². The molecule has 1 aromatic carbocycles. The number of methoxy groups -OCH3 is 1. The third-order valence-corrected chi connectivity index (χ3v) is 1.90. The molecule has 0 N–H and O–H groups in total. The zero-order valence-electron chi connectivity index (χ0n) is 7.53. The highest BCUT2D eigenvalue weighted by molar-refractivity contribution is 5.39. The third-order valence-electron chi connectivity index (χ3n) is 1.90. The van der Waals surface area contributed by atoms with Crippen LogP contribution in [-0.4, -0.2) is 26.4 Å². The largest absolute Gasteiger partial charge is 0.493 e. The van der Waals surface area contributed by atoms with E-state index in [0.717, 1.165) is 18.1 Å². The van der Waals surface area contributed by atoms with Crippen LogP contribution in [0.1, 0.15) is 0 Å². The number of hydrogen-bond donors (Lipinski definition) is 0. The number of ether oxygens (including phenoxy) is 3. The highest BCUT2D eigenvalue weighted by Gasteiger charge is 2.23. The summed E-state index contributed by atoms with van der Waals surface area (Å²) in [6.07, 6.45) is 0.282. The van der Waals surface area contributed by atoms with E-state index in [0.29, 0.717) is 6.61 Å². The van der Waals surface area contributed by atoms with E-state index in [1.165, 1.54) is 0 Å². The predicted octanol–water partition coefficient (Wildman–Crippen LogP) is 1.47. The van der Waals surface area contributed by atoms with E-state index in [4.69, 9.17) is 14.2 Å². The summed E-state index contributed by atoms with van der Waals surface area (Å²) in [5.74, 6) is 1.55. The zero-order chi connectivity index (χ0) is 9.10. The van der Waals surface area contributed by atoms with E-state index in [1.807, 2.05) is 24.3 Å². The Morgan fingerprint density at radius 3 is 2.69 bits per heavy atom. The van der Waals surface area contributed by atoms with Crippen LogP contribution in [0.15, 0.2) is 24.3 Å². The Morgan fingerprint density at radius 2 is 2.08 bits per heavy atom. The van der Waals surface area contributed by atoms with Gasteiger partial charge in [-0.15, -0.1) is 0 Å². The molecule has 13 heavy (non-hydrogen) atoms. The van der Waals surface area contributed by atoms with Crippen LogP contribution in [0.2, 0.25) is 0 Å². The van der Waals surface area contributed by atoms with Crippen LogP contribution >= 0.6 is 0 Å². The Labute approximate surface area is 77.2 Å². The minimum absolute atomic E-state index is 0.282. The molecule has 70 valence electrons. The van der Waals surface area contributed by atoms with Crippen molar-refractivity contribution in [1.82, 2.24) is 0 Å². The molecule has 0 amide bonds. The summed E-state index contributed by atoms with van der Waals surface area (Å²) in [6, 6.07) is 7.61. The minimum atomic E-state index is 0.282. The maximum atomic E-state index is 5.50. The molecule has 1 saturated heterocycles. The molecule has 0 aliphatic carbocycles. The molecule has 0 spiro atoms. The van der Waals surface area contributed by atoms with Crippen molar-refractivity contribution < 1.29 is 14.2 Å². The standard InChI is InChI=1S/C10H12O3/c1-11-9-4-2-3-5-10(9)13-7-8-6-12-8/h2-5,8H,6-7H2,1H3/t8-/m0/s1.